The molecular formula is C96H149Cl4N12O8S4+5. The Morgan fingerprint density at radius 2 is 0.750 bits per heavy atom. The van der Waals surface area contributed by atoms with Gasteiger partial charge in [-0.05, 0) is 157 Å². The molecule has 28 heteroatoms. The first-order valence-electron chi connectivity index (χ1n) is 46.3. The summed E-state index contributed by atoms with van der Waals surface area (Å²) in [7, 11) is 9.28. The van der Waals surface area contributed by atoms with E-state index in [9.17, 15) is 0 Å². The number of fused-ring (bicyclic) bond motifs is 15. The molecule has 688 valence electrons. The first kappa shape index (κ1) is 101. The zero-order chi connectivity index (χ0) is 90.6. The van der Waals surface area contributed by atoms with E-state index >= 15 is 0 Å². The number of aromatic nitrogens is 4. The van der Waals surface area contributed by atoms with Crippen LogP contribution < -0.4 is 44.1 Å². The molecule has 4 aliphatic rings. The molecule has 0 saturated heterocycles. The van der Waals surface area contributed by atoms with Crippen molar-refractivity contribution in [3.63, 3.8) is 0 Å². The predicted octanol–water partition coefficient (Wildman–Crippen LogP) is 23.8. The number of quaternary nitrogens is 4. The maximum atomic E-state index is 8.35. The second-order valence-corrected chi connectivity index (χ2v) is 44.0. The molecule has 0 unspecified atom stereocenters. The number of hydrogen-bond donors (Lipinski definition) is 1. The third kappa shape index (κ3) is 23.2. The second kappa shape index (κ2) is 44.9. The Morgan fingerprint density at radius 1 is 0.395 bits per heavy atom. The fraction of sp³-hybridized carbons (Fsp3) is 0.667. The molecule has 0 spiro atoms. The van der Waals surface area contributed by atoms with Crippen molar-refractivity contribution in [2.75, 3.05) is 176 Å². The lowest BCUT2D eigenvalue weighted by Gasteiger charge is -2.32. The third-order valence-corrected chi connectivity index (χ3v) is 32.0. The van der Waals surface area contributed by atoms with E-state index in [2.05, 4.69) is 192 Å². The monoisotopic (exact) mass is 1870 g/mol. The van der Waals surface area contributed by atoms with E-state index in [0.717, 1.165) is 172 Å². The van der Waals surface area contributed by atoms with Crippen LogP contribution in [0.1, 0.15) is 213 Å². The van der Waals surface area contributed by atoms with E-state index < -0.39 is 0 Å². The standard InChI is InChI=1S/C96H148Cl4N12O8S4/c1-28-109(24,29-2)42-52-121-85-66(57-113-56-64(21)22)68-67(65(23)75(85)97)93-106-96-74-73(81(116-48-38-60(13)14)78(100)88(84(74)119-51-41-63(19)20)124-55-45-112(27,34-7)35-8)95-105-92-72-69(79(114-46-36-58(9)10)76(98)87(83(72)118-50-40-62(17)18)123-54-44-111(26,32-5)33-6)89(102-92)101-90-71-70(91(103-90)104-94(68)107(93)120-108(95)96)80(115-47-37-59(11)12)77(99)86(82(71)117-49-39-61(15)16)122-53-43-110(25,30-3)31-4/h58-64H,28-57H2,1-27H3/q+4/p+1. The van der Waals surface area contributed by atoms with Crippen molar-refractivity contribution in [2.45, 2.75) is 224 Å². The molecule has 6 aromatic rings. The number of aryl methyl sites for hydroxylation is 1. The summed E-state index contributed by atoms with van der Waals surface area (Å²) in [6.07, 6.45) is 4.38. The van der Waals surface area contributed by atoms with Gasteiger partial charge in [0.25, 0.3) is 17.3 Å². The topological polar surface area (TPSA) is 164 Å². The smallest absolute Gasteiger partial charge is 0.286 e. The molecular weight excluding hydrogens is 1720 g/mol. The molecule has 6 heterocycles. The van der Waals surface area contributed by atoms with Gasteiger partial charge in [-0.15, -0.1) is 52.0 Å². The number of nitrogens with one attached hydrogen (secondary N) is 1. The highest BCUT2D eigenvalue weighted by atomic mass is 35.5. The number of thioether (sulfide) groups is 4. The van der Waals surface area contributed by atoms with E-state index in [4.69, 9.17) is 109 Å². The normalized spacial score (nSPS) is 13.5. The van der Waals surface area contributed by atoms with Gasteiger partial charge in [0.1, 0.15) is 43.2 Å². The van der Waals surface area contributed by atoms with Crippen molar-refractivity contribution in [3.8, 4) is 40.3 Å². The summed E-state index contributed by atoms with van der Waals surface area (Å²) in [6, 6.07) is 0. The van der Waals surface area contributed by atoms with Crippen LogP contribution in [-0.4, -0.2) is 220 Å². The maximum absolute atomic E-state index is 8.35. The van der Waals surface area contributed by atoms with Gasteiger partial charge in [-0.1, -0.05) is 148 Å². The molecule has 0 aliphatic carbocycles. The van der Waals surface area contributed by atoms with Crippen LogP contribution in [0.2, 0.25) is 20.1 Å². The second-order valence-electron chi connectivity index (χ2n) is 38.0. The summed E-state index contributed by atoms with van der Waals surface area (Å²) in [5.74, 6) is 9.17. The summed E-state index contributed by atoms with van der Waals surface area (Å²) in [5.41, 5.74) is 3.76. The summed E-state index contributed by atoms with van der Waals surface area (Å²) in [5, 5.41) is 5.47. The highest BCUT2D eigenvalue weighted by molar-refractivity contribution is 8.00. The molecule has 20 nitrogen and oxygen atoms in total. The number of halogens is 4. The number of H-pyrrole nitrogens is 1. The Balaban J connectivity index is 1.58. The lowest BCUT2D eigenvalue weighted by molar-refractivity contribution is -0.903. The van der Waals surface area contributed by atoms with Crippen LogP contribution in [0.3, 0.4) is 0 Å². The minimum atomic E-state index is 0.173. The van der Waals surface area contributed by atoms with E-state index in [0.29, 0.717) is 201 Å². The van der Waals surface area contributed by atoms with E-state index in [1.165, 1.54) is 0 Å². The fourth-order valence-corrected chi connectivity index (χ4v) is 21.7. The van der Waals surface area contributed by atoms with E-state index in [-0.39, 0.29) is 53.7 Å². The van der Waals surface area contributed by atoms with Gasteiger partial charge in [0, 0.05) is 40.1 Å². The molecule has 124 heavy (non-hydrogen) atoms. The van der Waals surface area contributed by atoms with Crippen molar-refractivity contribution in [3.05, 3.63) is 53.3 Å². The predicted molar refractivity (Wildman–Crippen MR) is 525 cm³/mol. The number of ether oxygens (including phenoxy) is 7. The molecule has 4 aromatic carbocycles. The fourth-order valence-electron chi connectivity index (χ4n) is 15.0. The number of aromatic amines is 1. The average Bonchev–Trinajstić information content (AvgIpc) is 1.53. The van der Waals surface area contributed by atoms with Crippen LogP contribution in [0, 0.1) is 48.3 Å². The van der Waals surface area contributed by atoms with Crippen LogP contribution in [0.5, 0.6) is 34.5 Å². The molecule has 6 bridgehead atoms. The zero-order valence-electron chi connectivity index (χ0n) is 80.1. The number of amidine groups is 2. The van der Waals surface area contributed by atoms with Crippen LogP contribution in [0.25, 0.3) is 43.8 Å². The summed E-state index contributed by atoms with van der Waals surface area (Å²) in [6.45, 7) is 64.9. The zero-order valence-corrected chi connectivity index (χ0v) is 86.4. The Labute approximate surface area is 778 Å². The number of hydrogen-bond acceptors (Lipinski definition) is 17. The molecule has 0 fully saturated rings. The van der Waals surface area contributed by atoms with Gasteiger partial charge in [-0.2, -0.15) is 9.62 Å². The molecule has 2 aromatic heterocycles. The molecule has 1 N–H and O–H groups in total. The molecule has 0 saturated carbocycles. The minimum absolute atomic E-state index is 0.173. The molecule has 0 radical (unpaired) electrons. The van der Waals surface area contributed by atoms with Gasteiger partial charge < -0.3 is 56.1 Å². The Bertz CT molecular complexity index is 5160. The van der Waals surface area contributed by atoms with Gasteiger partial charge in [0.05, 0.1) is 211 Å². The molecule has 0 atom stereocenters. The molecule has 0 amide bonds. The van der Waals surface area contributed by atoms with Crippen molar-refractivity contribution in [1.82, 2.24) is 14.5 Å². The first-order valence-corrected chi connectivity index (χ1v) is 51.7. The largest absolute Gasteiger partial charge is 0.492 e. The first-order chi connectivity index (χ1) is 58.9. The van der Waals surface area contributed by atoms with Crippen LogP contribution in [0.4, 0.5) is 11.6 Å². The minimum Gasteiger partial charge on any atom is -0.492 e. The Hall–Kier alpha value is -4.80. The van der Waals surface area contributed by atoms with Gasteiger partial charge in [-0.25, -0.2) is 9.98 Å². The SMILES string of the molecule is CC[N+](C)(CC)CCSc1c(Cl)c(OCCC(C)C)c2c(c1OCCC(C)C)C1=Nc3c4c(OCCC(C)C)c(Cl)c(SCC[N+](C)(CC)CC)c(OCCC(C)C)c4c4nc5c6c(C)c(Cl)c(SCC[N+](C)(CC)CC)c(COCC(C)C)c6c([n+]-5on34)N=c3[nH]c(c4c(OCCC(C)C)c(SCC[N+](C)(CC)CC)c(Cl)c(OCCC(C)C)c34)=NC2=N1. The maximum Gasteiger partial charge on any atom is 0.286 e. The Kier molecular flexibility index (Phi) is 36.7. The summed E-state index contributed by atoms with van der Waals surface area (Å²) >= 11 is 40.0. The lowest BCUT2D eigenvalue weighted by Crippen LogP contribution is -2.45. The van der Waals surface area contributed by atoms with Crippen molar-refractivity contribution in [2.24, 2.45) is 61.4 Å². The molecule has 4 aliphatic heterocycles. The van der Waals surface area contributed by atoms with E-state index in [1.54, 1.807) is 56.4 Å². The number of nitrogens with zero attached hydrogens (tertiary/aromatic N) is 11. The molecule has 10 rings (SSSR count). The van der Waals surface area contributed by atoms with Crippen LogP contribution >= 0.6 is 93.5 Å². The average molecular weight is 1870 g/mol. The van der Waals surface area contributed by atoms with E-state index in [1.807, 2.05) is 0 Å². The summed E-state index contributed by atoms with van der Waals surface area (Å²) < 4.78 is 66.6. The van der Waals surface area contributed by atoms with Gasteiger partial charge >= 0.3 is 0 Å². The summed E-state index contributed by atoms with van der Waals surface area (Å²) in [4.78, 5) is 37.4. The highest BCUT2D eigenvalue weighted by Crippen LogP contribution is 2.57. The van der Waals surface area contributed by atoms with Gasteiger partial charge in [-0.3, -0.25) is 0 Å². The van der Waals surface area contributed by atoms with Crippen molar-refractivity contribution < 1.29 is 60.5 Å². The number of aliphatic imine (C=N–C) groups is 2. The van der Waals surface area contributed by atoms with Gasteiger partial charge in [0.2, 0.25) is 11.3 Å². The van der Waals surface area contributed by atoms with Gasteiger partial charge in [0.15, 0.2) is 28.9 Å². The number of benzene rings is 4. The quantitative estimate of drug-likeness (QED) is 0.0218. The lowest BCUT2D eigenvalue weighted by atomic mass is 10.0. The van der Waals surface area contributed by atoms with Crippen LogP contribution in [-0.2, 0) is 11.3 Å². The Morgan fingerprint density at radius 3 is 1.18 bits per heavy atom. The third-order valence-electron chi connectivity index (χ3n) is 25.7. The highest BCUT2D eigenvalue weighted by Gasteiger charge is 2.43. The van der Waals surface area contributed by atoms with Crippen molar-refractivity contribution >= 4 is 155 Å². The number of rotatable bonds is 52. The van der Waals surface area contributed by atoms with Crippen molar-refractivity contribution in [1.29, 1.82) is 0 Å². The van der Waals surface area contributed by atoms with Crippen LogP contribution in [0.15, 0.2) is 44.2 Å².